The molecule has 6 N–H and O–H groups in total. The summed E-state index contributed by atoms with van der Waals surface area (Å²) >= 11 is 0. The zero-order chi connectivity index (χ0) is 62.8. The van der Waals surface area contributed by atoms with Gasteiger partial charge in [-0.05, 0) is 44.9 Å². The van der Waals surface area contributed by atoms with Crippen LogP contribution in [0.4, 0.5) is 0 Å². The van der Waals surface area contributed by atoms with Gasteiger partial charge in [-0.25, -0.2) is 0 Å². The number of nitrogens with one attached hydrogen (secondary N) is 1. The Kier molecular flexibility index (Phi) is 64.5. The highest BCUT2D eigenvalue weighted by Gasteiger charge is 2.44. The molecule has 0 spiro atoms. The number of aliphatic hydroxyl groups is 5. The fourth-order valence-corrected chi connectivity index (χ4v) is 12.7. The topological polar surface area (TPSA) is 149 Å². The first-order valence-corrected chi connectivity index (χ1v) is 38.7. The van der Waals surface area contributed by atoms with E-state index in [4.69, 9.17) is 9.47 Å². The molecule has 1 aliphatic rings. The molecule has 1 aliphatic heterocycles. The van der Waals surface area contributed by atoms with Crippen LogP contribution < -0.4 is 5.32 Å². The smallest absolute Gasteiger partial charge is 0.220 e. The molecule has 0 aromatic heterocycles. The van der Waals surface area contributed by atoms with Crippen molar-refractivity contribution in [2.75, 3.05) is 13.2 Å². The summed E-state index contributed by atoms with van der Waals surface area (Å²) in [6, 6.07) is -0.828. The molecule has 0 bridgehead atoms. The molecule has 0 aromatic rings. The molecule has 1 saturated heterocycles. The number of hydrogen-bond acceptors (Lipinski definition) is 8. The van der Waals surface area contributed by atoms with Crippen LogP contribution in [-0.4, -0.2) is 87.5 Å². The van der Waals surface area contributed by atoms with Crippen molar-refractivity contribution in [2.45, 2.75) is 442 Å². The van der Waals surface area contributed by atoms with Crippen molar-refractivity contribution < 1.29 is 39.8 Å². The molecule has 7 unspecified atom stereocenters. The molecule has 9 heteroatoms. The Morgan fingerprint density at radius 3 is 0.966 bits per heavy atom. The van der Waals surface area contributed by atoms with E-state index in [0.717, 1.165) is 44.9 Å². The maximum absolute atomic E-state index is 13.1. The Hall–Kier alpha value is -1.59. The molecule has 1 amide bonds. The van der Waals surface area contributed by atoms with Gasteiger partial charge in [0.05, 0.1) is 25.4 Å². The van der Waals surface area contributed by atoms with E-state index in [1.165, 1.54) is 334 Å². The molecule has 7 atom stereocenters. The highest BCUT2D eigenvalue weighted by Crippen LogP contribution is 2.24. The Balaban J connectivity index is 2.08. The number of unbranched alkanes of at least 4 members (excludes halogenated alkanes) is 55. The van der Waals surface area contributed by atoms with Gasteiger partial charge in [-0.2, -0.15) is 0 Å². The summed E-state index contributed by atoms with van der Waals surface area (Å²) in [6.07, 6.45) is 84.4. The summed E-state index contributed by atoms with van der Waals surface area (Å²) in [7, 11) is 0. The third-order valence-corrected chi connectivity index (χ3v) is 18.7. The molecule has 0 aromatic carbocycles. The zero-order valence-corrected chi connectivity index (χ0v) is 57.8. The lowest BCUT2D eigenvalue weighted by Gasteiger charge is -2.40. The lowest BCUT2D eigenvalue weighted by atomic mass is 9.99. The van der Waals surface area contributed by atoms with E-state index in [2.05, 4.69) is 43.5 Å². The second-order valence-electron chi connectivity index (χ2n) is 27.1. The highest BCUT2D eigenvalue weighted by atomic mass is 16.7. The van der Waals surface area contributed by atoms with Crippen LogP contribution in [-0.2, 0) is 14.3 Å². The van der Waals surface area contributed by atoms with E-state index in [0.29, 0.717) is 6.42 Å². The predicted octanol–water partition coefficient (Wildman–Crippen LogP) is 21.8. The number of rotatable bonds is 69. The highest BCUT2D eigenvalue weighted by molar-refractivity contribution is 5.76. The first-order valence-electron chi connectivity index (χ1n) is 38.7. The molecule has 0 radical (unpaired) electrons. The van der Waals surface area contributed by atoms with Crippen molar-refractivity contribution in [3.05, 3.63) is 36.5 Å². The first kappa shape index (κ1) is 83.4. The number of allylic oxidation sites excluding steroid dienone is 5. The predicted molar refractivity (Wildman–Crippen MR) is 373 cm³/mol. The molecule has 0 aliphatic carbocycles. The molecule has 514 valence electrons. The third kappa shape index (κ3) is 55.7. The van der Waals surface area contributed by atoms with Gasteiger partial charge in [-0.3, -0.25) is 4.79 Å². The number of amides is 1. The van der Waals surface area contributed by atoms with Gasteiger partial charge >= 0.3 is 0 Å². The van der Waals surface area contributed by atoms with Crippen LogP contribution in [0.5, 0.6) is 0 Å². The second-order valence-corrected chi connectivity index (χ2v) is 27.1. The van der Waals surface area contributed by atoms with Crippen molar-refractivity contribution >= 4 is 5.91 Å². The van der Waals surface area contributed by atoms with E-state index in [9.17, 15) is 30.3 Å². The summed E-state index contributed by atoms with van der Waals surface area (Å²) in [6.45, 7) is 3.82. The van der Waals surface area contributed by atoms with Gasteiger partial charge in [0.15, 0.2) is 6.29 Å². The van der Waals surface area contributed by atoms with E-state index >= 15 is 0 Å². The molecule has 0 saturated carbocycles. The molecular weight excluding hydrogens is 1080 g/mol. The molecule has 1 heterocycles. The van der Waals surface area contributed by atoms with Crippen molar-refractivity contribution in [1.82, 2.24) is 5.32 Å². The van der Waals surface area contributed by atoms with Gasteiger partial charge in [-0.15, -0.1) is 0 Å². The quantitative estimate of drug-likeness (QED) is 0.0261. The number of carbonyl (C=O) groups is 1. The van der Waals surface area contributed by atoms with Gasteiger partial charge in [0.25, 0.3) is 0 Å². The number of carbonyl (C=O) groups excluding carboxylic acids is 1. The monoisotopic (exact) mass is 1230 g/mol. The van der Waals surface area contributed by atoms with Crippen molar-refractivity contribution in [1.29, 1.82) is 0 Å². The van der Waals surface area contributed by atoms with E-state index in [-0.39, 0.29) is 12.5 Å². The lowest BCUT2D eigenvalue weighted by molar-refractivity contribution is -0.302. The van der Waals surface area contributed by atoms with E-state index in [1.807, 2.05) is 6.08 Å². The largest absolute Gasteiger partial charge is 0.394 e. The average molecular weight is 1230 g/mol. The first-order chi connectivity index (χ1) is 42.8. The van der Waals surface area contributed by atoms with Gasteiger partial charge in [0.1, 0.15) is 24.4 Å². The zero-order valence-electron chi connectivity index (χ0n) is 57.8. The maximum Gasteiger partial charge on any atom is 0.220 e. The lowest BCUT2D eigenvalue weighted by Crippen LogP contribution is -2.60. The Labute approximate surface area is 540 Å². The molecule has 9 nitrogen and oxygen atoms in total. The molecule has 1 fully saturated rings. The van der Waals surface area contributed by atoms with Crippen LogP contribution in [0.1, 0.15) is 399 Å². The second kappa shape index (κ2) is 67.3. The summed E-state index contributed by atoms with van der Waals surface area (Å²) < 4.78 is 11.3. The summed E-state index contributed by atoms with van der Waals surface area (Å²) in [5.41, 5.74) is 0. The minimum atomic E-state index is -1.58. The van der Waals surface area contributed by atoms with Gasteiger partial charge in [0.2, 0.25) is 5.91 Å². The van der Waals surface area contributed by atoms with Crippen LogP contribution in [0, 0.1) is 0 Å². The SMILES string of the molecule is CCCCCCCCCCCCCCCCCCC/C=C/CC/C=C/CC/C=C/C(O)C(COC1OC(CO)C(O)C(O)C1O)NC(=O)CCCCCCCCCCCCCCCCCCCCCCCCCCCCCCCCCCCCCCC. The van der Waals surface area contributed by atoms with Crippen LogP contribution in [0.15, 0.2) is 36.5 Å². The van der Waals surface area contributed by atoms with E-state index < -0.39 is 49.5 Å². The van der Waals surface area contributed by atoms with Crippen LogP contribution in [0.3, 0.4) is 0 Å². The van der Waals surface area contributed by atoms with Crippen molar-refractivity contribution in [2.24, 2.45) is 0 Å². The standard InChI is InChI=1S/C78H149NO8/c1-3-5-7-9-11-13-15-17-19-21-23-25-27-29-31-32-33-34-35-36-37-38-39-40-42-44-46-48-50-52-54-56-58-60-62-64-66-68-74(82)79-71(70-86-78-77(85)76(84)75(83)73(69-80)87-78)72(81)67-65-63-61-59-57-55-53-51-49-47-45-43-41-30-28-26-24-22-20-18-16-14-12-10-8-6-4-2/h49,51,57,59,65,67,71-73,75-78,80-81,83-85H,3-48,50,52-56,58,60-64,66,68-70H2,1-2H3,(H,79,82)/b51-49+,59-57+,67-65+. The Bertz CT molecular complexity index is 1470. The third-order valence-electron chi connectivity index (χ3n) is 18.7. The average Bonchev–Trinajstić information content (AvgIpc) is 3.46. The van der Waals surface area contributed by atoms with Gasteiger partial charge in [-0.1, -0.05) is 384 Å². The Morgan fingerprint density at radius 1 is 0.379 bits per heavy atom. The molecule has 87 heavy (non-hydrogen) atoms. The minimum absolute atomic E-state index is 0.182. The van der Waals surface area contributed by atoms with Crippen LogP contribution in [0.2, 0.25) is 0 Å². The van der Waals surface area contributed by atoms with Crippen molar-refractivity contribution in [3.8, 4) is 0 Å². The van der Waals surface area contributed by atoms with Crippen LogP contribution >= 0.6 is 0 Å². The number of hydrogen-bond donors (Lipinski definition) is 6. The normalized spacial score (nSPS) is 18.1. The van der Waals surface area contributed by atoms with Gasteiger partial charge < -0.3 is 40.3 Å². The minimum Gasteiger partial charge on any atom is -0.394 e. The number of ether oxygens (including phenoxy) is 2. The van der Waals surface area contributed by atoms with Crippen LogP contribution in [0.25, 0.3) is 0 Å². The summed E-state index contributed by atoms with van der Waals surface area (Å²) in [4.78, 5) is 13.1. The van der Waals surface area contributed by atoms with Gasteiger partial charge in [0, 0.05) is 6.42 Å². The fourth-order valence-electron chi connectivity index (χ4n) is 12.7. The Morgan fingerprint density at radius 2 is 0.655 bits per heavy atom. The molecular formula is C78H149NO8. The maximum atomic E-state index is 13.1. The van der Waals surface area contributed by atoms with Crippen molar-refractivity contribution in [3.63, 3.8) is 0 Å². The fraction of sp³-hybridized carbons (Fsp3) is 0.910. The number of aliphatic hydroxyl groups excluding tert-OH is 5. The summed E-state index contributed by atoms with van der Waals surface area (Å²) in [5, 5.41) is 54.8. The van der Waals surface area contributed by atoms with E-state index in [1.54, 1.807) is 6.08 Å². The summed E-state index contributed by atoms with van der Waals surface area (Å²) in [5.74, 6) is -0.182. The molecule has 1 rings (SSSR count).